The predicted molar refractivity (Wildman–Crippen MR) is 78.4 cm³/mol. The van der Waals surface area contributed by atoms with Gasteiger partial charge in [0.1, 0.15) is 0 Å². The molecule has 4 heteroatoms. The van der Waals surface area contributed by atoms with Crippen LogP contribution in [0.15, 0.2) is 15.9 Å². The maximum atomic E-state index is 6.37. The summed E-state index contributed by atoms with van der Waals surface area (Å²) in [5.74, 6) is 0. The molecule has 0 aliphatic heterocycles. The van der Waals surface area contributed by atoms with Crippen molar-refractivity contribution in [3.8, 4) is 0 Å². The van der Waals surface area contributed by atoms with E-state index in [2.05, 4.69) is 39.3 Å². The summed E-state index contributed by atoms with van der Waals surface area (Å²) in [6.45, 7) is 2.14. The molecule has 1 aliphatic carbocycles. The minimum atomic E-state index is 0.129. The van der Waals surface area contributed by atoms with E-state index in [1.807, 2.05) is 11.3 Å². The van der Waals surface area contributed by atoms with Gasteiger partial charge in [0.25, 0.3) is 0 Å². The molecule has 2 nitrogen and oxygen atoms in total. The molecule has 0 radical (unpaired) electrons. The Morgan fingerprint density at radius 3 is 2.76 bits per heavy atom. The Morgan fingerprint density at radius 1 is 1.47 bits per heavy atom. The normalized spacial score (nSPS) is 19.1. The Labute approximate surface area is 116 Å². The second-order valence-electron chi connectivity index (χ2n) is 5.29. The first-order valence-corrected chi connectivity index (χ1v) is 7.95. The predicted octanol–water partition coefficient (Wildman–Crippen LogP) is 3.60. The van der Waals surface area contributed by atoms with Gasteiger partial charge in [0.2, 0.25) is 0 Å². The van der Waals surface area contributed by atoms with Crippen LogP contribution in [0.5, 0.6) is 0 Å². The zero-order chi connectivity index (χ0) is 12.3. The smallest absolute Gasteiger partial charge is 0.0325 e. The average Bonchev–Trinajstić information content (AvgIpc) is 2.86. The topological polar surface area (TPSA) is 29.3 Å². The van der Waals surface area contributed by atoms with Crippen LogP contribution in [-0.2, 0) is 6.54 Å². The summed E-state index contributed by atoms with van der Waals surface area (Å²) in [4.78, 5) is 3.79. The van der Waals surface area contributed by atoms with Crippen molar-refractivity contribution in [2.24, 2.45) is 5.73 Å². The lowest BCUT2D eigenvalue weighted by molar-refractivity contribution is 0.275. The van der Waals surface area contributed by atoms with Crippen molar-refractivity contribution in [1.82, 2.24) is 4.90 Å². The van der Waals surface area contributed by atoms with Gasteiger partial charge in [-0.1, -0.05) is 12.8 Å². The lowest BCUT2D eigenvalue weighted by Crippen LogP contribution is -2.39. The second kappa shape index (κ2) is 5.83. The first-order valence-electron chi connectivity index (χ1n) is 6.28. The molecule has 2 rings (SSSR count). The summed E-state index contributed by atoms with van der Waals surface area (Å²) < 4.78 is 1.19. The van der Waals surface area contributed by atoms with Crippen LogP contribution in [0.3, 0.4) is 0 Å². The minimum Gasteiger partial charge on any atom is -0.325 e. The molecule has 1 fully saturated rings. The molecule has 2 N–H and O–H groups in total. The summed E-state index contributed by atoms with van der Waals surface area (Å²) in [6, 6.07) is 2.20. The van der Waals surface area contributed by atoms with E-state index in [1.54, 1.807) is 0 Å². The van der Waals surface area contributed by atoms with Crippen LogP contribution >= 0.6 is 27.3 Å². The van der Waals surface area contributed by atoms with Gasteiger partial charge in [-0.3, -0.25) is 0 Å². The number of thiophene rings is 1. The Kier molecular flexibility index (Phi) is 4.64. The molecular formula is C13H21BrN2S. The van der Waals surface area contributed by atoms with E-state index in [-0.39, 0.29) is 5.54 Å². The van der Waals surface area contributed by atoms with Crippen LogP contribution in [0.4, 0.5) is 0 Å². The van der Waals surface area contributed by atoms with Crippen molar-refractivity contribution < 1.29 is 0 Å². The zero-order valence-electron chi connectivity index (χ0n) is 10.4. The highest BCUT2D eigenvalue weighted by Gasteiger charge is 2.28. The SMILES string of the molecule is CN(CCC1(N)CCCC1)Cc1cc(Br)cs1. The Morgan fingerprint density at radius 2 is 2.18 bits per heavy atom. The molecule has 1 aliphatic rings. The number of nitrogens with zero attached hydrogens (tertiary/aromatic N) is 1. The van der Waals surface area contributed by atoms with Crippen LogP contribution in [0.1, 0.15) is 37.0 Å². The first kappa shape index (κ1) is 13.5. The van der Waals surface area contributed by atoms with Crippen molar-refractivity contribution >= 4 is 27.3 Å². The van der Waals surface area contributed by atoms with Crippen LogP contribution in [0.25, 0.3) is 0 Å². The van der Waals surface area contributed by atoms with E-state index in [0.717, 1.165) is 19.5 Å². The van der Waals surface area contributed by atoms with Crippen LogP contribution in [0, 0.1) is 0 Å². The van der Waals surface area contributed by atoms with Crippen LogP contribution < -0.4 is 5.73 Å². The minimum absolute atomic E-state index is 0.129. The van der Waals surface area contributed by atoms with Gasteiger partial charge in [0, 0.05) is 26.8 Å². The molecular weight excluding hydrogens is 296 g/mol. The van der Waals surface area contributed by atoms with Gasteiger partial charge >= 0.3 is 0 Å². The van der Waals surface area contributed by atoms with Crippen molar-refractivity contribution in [3.05, 3.63) is 20.8 Å². The van der Waals surface area contributed by atoms with Gasteiger partial charge in [0.15, 0.2) is 0 Å². The van der Waals surface area contributed by atoms with E-state index >= 15 is 0 Å². The fourth-order valence-electron chi connectivity index (χ4n) is 2.52. The van der Waals surface area contributed by atoms with Gasteiger partial charge in [-0.05, 0) is 54.9 Å². The standard InChI is InChI=1S/C13H21BrN2S/c1-16(9-12-8-11(14)10-17-12)7-6-13(15)4-2-3-5-13/h8,10H,2-7,9,15H2,1H3. The maximum Gasteiger partial charge on any atom is 0.0325 e. The van der Waals surface area contributed by atoms with Crippen LogP contribution in [0.2, 0.25) is 0 Å². The Bertz CT molecular complexity index is 358. The third kappa shape index (κ3) is 4.05. The maximum absolute atomic E-state index is 6.37. The zero-order valence-corrected chi connectivity index (χ0v) is 12.8. The number of nitrogens with two attached hydrogens (primary N) is 1. The molecule has 0 atom stereocenters. The number of hydrogen-bond donors (Lipinski definition) is 1. The van der Waals surface area contributed by atoms with Crippen LogP contribution in [-0.4, -0.2) is 24.0 Å². The molecule has 96 valence electrons. The first-order chi connectivity index (χ1) is 8.07. The highest BCUT2D eigenvalue weighted by Crippen LogP contribution is 2.30. The summed E-state index contributed by atoms with van der Waals surface area (Å²) >= 11 is 5.31. The van der Waals surface area contributed by atoms with E-state index in [9.17, 15) is 0 Å². The third-order valence-electron chi connectivity index (χ3n) is 3.64. The summed E-state index contributed by atoms with van der Waals surface area (Å²) in [7, 11) is 2.19. The van der Waals surface area contributed by atoms with E-state index in [4.69, 9.17) is 5.73 Å². The summed E-state index contributed by atoms with van der Waals surface area (Å²) in [6.07, 6.45) is 6.20. The molecule has 0 amide bonds. The van der Waals surface area contributed by atoms with Gasteiger partial charge < -0.3 is 10.6 Å². The monoisotopic (exact) mass is 316 g/mol. The largest absolute Gasteiger partial charge is 0.325 e. The highest BCUT2D eigenvalue weighted by molar-refractivity contribution is 9.10. The second-order valence-corrected chi connectivity index (χ2v) is 7.20. The van der Waals surface area contributed by atoms with Crippen molar-refractivity contribution in [2.75, 3.05) is 13.6 Å². The number of hydrogen-bond acceptors (Lipinski definition) is 3. The van der Waals surface area contributed by atoms with Gasteiger partial charge in [-0.2, -0.15) is 0 Å². The molecule has 0 bridgehead atoms. The van der Waals surface area contributed by atoms with Crippen molar-refractivity contribution in [2.45, 2.75) is 44.2 Å². The van der Waals surface area contributed by atoms with Gasteiger partial charge in [-0.25, -0.2) is 0 Å². The molecule has 0 saturated heterocycles. The van der Waals surface area contributed by atoms with Gasteiger partial charge in [0.05, 0.1) is 0 Å². The molecule has 1 aromatic rings. The summed E-state index contributed by atoms with van der Waals surface area (Å²) in [5, 5.41) is 2.14. The molecule has 0 spiro atoms. The average molecular weight is 317 g/mol. The fourth-order valence-corrected chi connectivity index (χ4v) is 4.05. The van der Waals surface area contributed by atoms with E-state index in [1.165, 1.54) is 35.0 Å². The van der Waals surface area contributed by atoms with Crippen molar-refractivity contribution in [3.63, 3.8) is 0 Å². The van der Waals surface area contributed by atoms with Gasteiger partial charge in [-0.15, -0.1) is 11.3 Å². The fraction of sp³-hybridized carbons (Fsp3) is 0.692. The lowest BCUT2D eigenvalue weighted by Gasteiger charge is -2.26. The molecule has 1 saturated carbocycles. The molecule has 1 aromatic heterocycles. The Hall–Kier alpha value is 0.1000. The lowest BCUT2D eigenvalue weighted by atomic mass is 9.94. The molecule has 0 unspecified atom stereocenters. The molecule has 1 heterocycles. The van der Waals surface area contributed by atoms with Crippen molar-refractivity contribution in [1.29, 1.82) is 0 Å². The number of rotatable bonds is 5. The quantitative estimate of drug-likeness (QED) is 0.899. The Balaban J connectivity index is 1.75. The third-order valence-corrected chi connectivity index (χ3v) is 5.32. The van der Waals surface area contributed by atoms with E-state index < -0.39 is 0 Å². The number of halogens is 1. The van der Waals surface area contributed by atoms with E-state index in [0.29, 0.717) is 0 Å². The summed E-state index contributed by atoms with van der Waals surface area (Å²) in [5.41, 5.74) is 6.50. The highest BCUT2D eigenvalue weighted by atomic mass is 79.9. The molecule has 0 aromatic carbocycles. The molecule has 17 heavy (non-hydrogen) atoms.